The molecule has 0 bridgehead atoms. The molecule has 1 heterocycles. The third-order valence-corrected chi connectivity index (χ3v) is 3.74. The minimum Gasteiger partial charge on any atom is -0.334 e. The van der Waals surface area contributed by atoms with Crippen LogP contribution < -0.4 is 4.72 Å². The van der Waals surface area contributed by atoms with Gasteiger partial charge in [0.25, 0.3) is 10.0 Å². The molecule has 0 amide bonds. The van der Waals surface area contributed by atoms with Gasteiger partial charge >= 0.3 is 6.18 Å². The third-order valence-electron chi connectivity index (χ3n) is 2.35. The van der Waals surface area contributed by atoms with E-state index in [2.05, 4.69) is 9.97 Å². The lowest BCUT2D eigenvalue weighted by molar-refractivity contribution is -0.160. The van der Waals surface area contributed by atoms with Crippen molar-refractivity contribution in [3.63, 3.8) is 0 Å². The first-order valence-corrected chi connectivity index (χ1v) is 5.85. The van der Waals surface area contributed by atoms with Crippen molar-refractivity contribution in [3.05, 3.63) is 12.4 Å². The number of hydrogen-bond acceptors (Lipinski definition) is 3. The molecular weight excluding hydrogens is 247 g/mol. The van der Waals surface area contributed by atoms with E-state index in [0.29, 0.717) is 0 Å². The molecule has 2 N–H and O–H groups in total. The van der Waals surface area contributed by atoms with Gasteiger partial charge in [-0.1, -0.05) is 0 Å². The molecule has 90 valence electrons. The zero-order valence-electron chi connectivity index (χ0n) is 7.87. The Bertz CT molecular complexity index is 475. The summed E-state index contributed by atoms with van der Waals surface area (Å²) in [5.41, 5.74) is -2.31. The van der Waals surface area contributed by atoms with Crippen LogP contribution in [0.4, 0.5) is 13.2 Å². The molecule has 16 heavy (non-hydrogen) atoms. The van der Waals surface area contributed by atoms with Gasteiger partial charge in [-0.3, -0.25) is 0 Å². The van der Waals surface area contributed by atoms with Crippen LogP contribution >= 0.6 is 0 Å². The summed E-state index contributed by atoms with van der Waals surface area (Å²) < 4.78 is 62.2. The second-order valence-corrected chi connectivity index (χ2v) is 5.18. The highest BCUT2D eigenvalue weighted by atomic mass is 32.2. The van der Waals surface area contributed by atoms with E-state index in [4.69, 9.17) is 0 Å². The smallest absolute Gasteiger partial charge is 0.334 e. The normalized spacial score (nSPS) is 19.7. The van der Waals surface area contributed by atoms with Crippen LogP contribution in [0, 0.1) is 0 Å². The summed E-state index contributed by atoms with van der Waals surface area (Å²) in [7, 11) is -4.23. The average molecular weight is 255 g/mol. The number of imidazole rings is 1. The molecule has 0 atom stereocenters. The molecule has 0 aliphatic heterocycles. The van der Waals surface area contributed by atoms with E-state index in [1.807, 2.05) is 0 Å². The van der Waals surface area contributed by atoms with Crippen LogP contribution in [0.3, 0.4) is 0 Å². The van der Waals surface area contributed by atoms with Crippen molar-refractivity contribution >= 4 is 10.0 Å². The van der Waals surface area contributed by atoms with E-state index in [1.54, 1.807) is 4.72 Å². The molecule has 0 saturated heterocycles. The Morgan fingerprint density at radius 2 is 2.06 bits per heavy atom. The maximum absolute atomic E-state index is 12.5. The minimum absolute atomic E-state index is 0.240. The van der Waals surface area contributed by atoms with E-state index >= 15 is 0 Å². The fourth-order valence-corrected chi connectivity index (χ4v) is 2.63. The standard InChI is InChI=1S/C7H8F3N3O2S/c8-7(9,10)6(1-2-6)13-16(14,15)5-11-3-4-12-5/h3-4,13H,1-2H2,(H,11,12). The molecule has 0 unspecified atom stereocenters. The third kappa shape index (κ3) is 1.80. The van der Waals surface area contributed by atoms with Gasteiger partial charge < -0.3 is 4.98 Å². The highest BCUT2D eigenvalue weighted by Crippen LogP contribution is 2.49. The van der Waals surface area contributed by atoms with Crippen LogP contribution in [0.5, 0.6) is 0 Å². The quantitative estimate of drug-likeness (QED) is 0.838. The van der Waals surface area contributed by atoms with Gasteiger partial charge in [0.15, 0.2) is 0 Å². The topological polar surface area (TPSA) is 74.8 Å². The van der Waals surface area contributed by atoms with Crippen LogP contribution in [-0.2, 0) is 10.0 Å². The van der Waals surface area contributed by atoms with Crippen LogP contribution in [0.1, 0.15) is 12.8 Å². The Kier molecular flexibility index (Phi) is 2.28. The fraction of sp³-hybridized carbons (Fsp3) is 0.571. The molecule has 1 fully saturated rings. The van der Waals surface area contributed by atoms with Gasteiger partial charge in [-0.2, -0.15) is 17.9 Å². The molecule has 2 rings (SSSR count). The number of nitrogens with zero attached hydrogens (tertiary/aromatic N) is 1. The van der Waals surface area contributed by atoms with Gasteiger partial charge in [-0.05, 0) is 12.8 Å². The lowest BCUT2D eigenvalue weighted by atomic mass is 10.3. The predicted molar refractivity (Wildman–Crippen MR) is 46.9 cm³/mol. The highest BCUT2D eigenvalue weighted by molar-refractivity contribution is 7.89. The van der Waals surface area contributed by atoms with Crippen molar-refractivity contribution in [1.29, 1.82) is 0 Å². The Morgan fingerprint density at radius 1 is 1.44 bits per heavy atom. The van der Waals surface area contributed by atoms with Crippen LogP contribution in [0.25, 0.3) is 0 Å². The van der Waals surface area contributed by atoms with Crippen LogP contribution in [0.2, 0.25) is 0 Å². The number of halogens is 3. The zero-order valence-corrected chi connectivity index (χ0v) is 8.69. The predicted octanol–water partition coefficient (Wildman–Crippen LogP) is 0.783. The van der Waals surface area contributed by atoms with Crippen LogP contribution in [-0.4, -0.2) is 30.1 Å². The first-order valence-electron chi connectivity index (χ1n) is 4.37. The van der Waals surface area contributed by atoms with Crippen LogP contribution in [0.15, 0.2) is 17.6 Å². The Labute approximate surface area is 89.1 Å². The van der Waals surface area contributed by atoms with Gasteiger partial charge in [0.2, 0.25) is 5.16 Å². The van der Waals surface area contributed by atoms with E-state index in [0.717, 1.165) is 6.20 Å². The number of alkyl halides is 3. The monoisotopic (exact) mass is 255 g/mol. The summed E-state index contributed by atoms with van der Waals surface area (Å²) in [6.45, 7) is 0. The summed E-state index contributed by atoms with van der Waals surface area (Å²) in [6.07, 6.45) is -2.68. The molecule has 0 aromatic carbocycles. The molecule has 1 aliphatic rings. The molecular formula is C7H8F3N3O2S. The van der Waals surface area contributed by atoms with Gasteiger partial charge in [-0.15, -0.1) is 0 Å². The number of sulfonamides is 1. The lowest BCUT2D eigenvalue weighted by Gasteiger charge is -2.19. The molecule has 1 aliphatic carbocycles. The number of nitrogens with one attached hydrogen (secondary N) is 2. The van der Waals surface area contributed by atoms with Gasteiger partial charge in [0.05, 0.1) is 0 Å². The van der Waals surface area contributed by atoms with Crippen molar-refractivity contribution in [3.8, 4) is 0 Å². The van der Waals surface area contributed by atoms with Crippen molar-refractivity contribution in [2.24, 2.45) is 0 Å². The summed E-state index contributed by atoms with van der Waals surface area (Å²) >= 11 is 0. The first kappa shape index (κ1) is 11.4. The molecule has 0 spiro atoms. The zero-order chi connectivity index (χ0) is 12.0. The van der Waals surface area contributed by atoms with Gasteiger partial charge in [0.1, 0.15) is 5.54 Å². The molecule has 0 radical (unpaired) electrons. The Hall–Kier alpha value is -1.09. The average Bonchev–Trinajstić information content (AvgIpc) is 2.73. The first-order chi connectivity index (χ1) is 7.27. The summed E-state index contributed by atoms with van der Waals surface area (Å²) in [5, 5.41) is -0.511. The summed E-state index contributed by atoms with van der Waals surface area (Å²) in [5.74, 6) is 0. The van der Waals surface area contributed by atoms with E-state index in [-0.39, 0.29) is 12.8 Å². The highest BCUT2D eigenvalue weighted by Gasteiger charge is 2.65. The number of rotatable bonds is 3. The maximum atomic E-state index is 12.5. The molecule has 1 saturated carbocycles. The second-order valence-electron chi connectivity index (χ2n) is 3.58. The Balaban J connectivity index is 2.24. The SMILES string of the molecule is O=S(=O)(NC1(C(F)(F)F)CC1)c1ncc[nH]1. The summed E-state index contributed by atoms with van der Waals surface area (Å²) in [4.78, 5) is 5.66. The van der Waals surface area contributed by atoms with E-state index in [1.165, 1.54) is 6.20 Å². The number of hydrogen-bond donors (Lipinski definition) is 2. The van der Waals surface area contributed by atoms with Crippen molar-refractivity contribution < 1.29 is 21.6 Å². The lowest BCUT2D eigenvalue weighted by Crippen LogP contribution is -2.47. The molecule has 9 heteroatoms. The number of H-pyrrole nitrogens is 1. The molecule has 1 aromatic rings. The fourth-order valence-electron chi connectivity index (χ4n) is 1.27. The maximum Gasteiger partial charge on any atom is 0.407 e. The van der Waals surface area contributed by atoms with Gasteiger partial charge in [-0.25, -0.2) is 13.4 Å². The van der Waals surface area contributed by atoms with Gasteiger partial charge in [0, 0.05) is 12.4 Å². The largest absolute Gasteiger partial charge is 0.407 e. The van der Waals surface area contributed by atoms with Crippen molar-refractivity contribution in [2.45, 2.75) is 29.7 Å². The number of aromatic nitrogens is 2. The minimum atomic E-state index is -4.58. The van der Waals surface area contributed by atoms with Crippen molar-refractivity contribution in [1.82, 2.24) is 14.7 Å². The van der Waals surface area contributed by atoms with Crippen molar-refractivity contribution in [2.75, 3.05) is 0 Å². The summed E-state index contributed by atoms with van der Waals surface area (Å²) in [6, 6.07) is 0. The number of aromatic amines is 1. The second kappa shape index (κ2) is 3.20. The van der Waals surface area contributed by atoms with E-state index in [9.17, 15) is 21.6 Å². The Morgan fingerprint density at radius 3 is 2.44 bits per heavy atom. The molecule has 5 nitrogen and oxygen atoms in total. The van der Waals surface area contributed by atoms with E-state index < -0.39 is 26.9 Å². The molecule has 1 aromatic heterocycles.